The first kappa shape index (κ1) is 20.3. The van der Waals surface area contributed by atoms with Gasteiger partial charge in [0.25, 0.3) is 0 Å². The number of hydrogen-bond acceptors (Lipinski definition) is 3. The zero-order valence-electron chi connectivity index (χ0n) is 15.0. The molecule has 0 saturated carbocycles. The van der Waals surface area contributed by atoms with Crippen molar-refractivity contribution in [2.45, 2.75) is 31.5 Å². The monoisotopic (exact) mass is 399 g/mol. The largest absolute Gasteiger partial charge is 0.490 e. The van der Waals surface area contributed by atoms with Gasteiger partial charge in [-0.15, -0.1) is 0 Å². The van der Waals surface area contributed by atoms with Gasteiger partial charge in [-0.3, -0.25) is 0 Å². The zero-order valence-corrected chi connectivity index (χ0v) is 15.0. The minimum atomic E-state index is -5.11. The highest BCUT2D eigenvalue weighted by Gasteiger charge is 2.46. The van der Waals surface area contributed by atoms with E-state index in [-0.39, 0.29) is 18.5 Å². The molecule has 0 spiro atoms. The molecule has 1 aliphatic heterocycles. The van der Waals surface area contributed by atoms with Gasteiger partial charge in [0.2, 0.25) is 0 Å². The predicted molar refractivity (Wildman–Crippen MR) is 91.7 cm³/mol. The summed E-state index contributed by atoms with van der Waals surface area (Å²) in [6, 6.07) is 8.33. The van der Waals surface area contributed by atoms with Crippen LogP contribution < -0.4 is 5.32 Å². The van der Waals surface area contributed by atoms with Gasteiger partial charge in [0.05, 0.1) is 0 Å². The van der Waals surface area contributed by atoms with E-state index in [2.05, 4.69) is 5.32 Å². The Balaban J connectivity index is 1.96. The summed E-state index contributed by atoms with van der Waals surface area (Å²) < 4.78 is 70.1. The summed E-state index contributed by atoms with van der Waals surface area (Å²) in [5, 5.41) is 2.98. The first-order valence-electron chi connectivity index (χ1n) is 8.65. The molecule has 1 atom stereocenters. The minimum absolute atomic E-state index is 0.0101. The van der Waals surface area contributed by atoms with Crippen LogP contribution in [0, 0.1) is 11.6 Å². The summed E-state index contributed by atoms with van der Waals surface area (Å²) >= 11 is 0. The van der Waals surface area contributed by atoms with Crippen LogP contribution in [-0.2, 0) is 28.0 Å². The van der Waals surface area contributed by atoms with Gasteiger partial charge >= 0.3 is 12.1 Å². The maximum atomic E-state index is 14.0. The Morgan fingerprint density at radius 1 is 1.18 bits per heavy atom. The third-order valence-electron chi connectivity index (χ3n) is 4.74. The number of hydrogen-bond donors (Lipinski definition) is 1. The van der Waals surface area contributed by atoms with E-state index < -0.39 is 29.4 Å². The Labute approximate surface area is 158 Å². The van der Waals surface area contributed by atoms with E-state index in [1.54, 1.807) is 18.2 Å². The molecule has 2 aromatic rings. The number of carbonyl (C=O) groups excluding carboxylic acids is 1. The molecular weight excluding hydrogens is 381 g/mol. The van der Waals surface area contributed by atoms with Crippen LogP contribution in [0.3, 0.4) is 0 Å². The normalized spacial score (nSPS) is 19.6. The molecule has 3 rings (SSSR count). The molecule has 1 heterocycles. The van der Waals surface area contributed by atoms with Crippen molar-refractivity contribution < 1.29 is 31.5 Å². The van der Waals surface area contributed by atoms with Gasteiger partial charge in [0.1, 0.15) is 17.2 Å². The van der Waals surface area contributed by atoms with E-state index in [0.29, 0.717) is 24.1 Å². The number of carbonyl (C=O) groups is 1. The van der Waals surface area contributed by atoms with Gasteiger partial charge in [-0.1, -0.05) is 24.3 Å². The topological polar surface area (TPSA) is 38.3 Å². The molecule has 0 saturated heterocycles. The number of benzene rings is 2. The highest BCUT2D eigenvalue weighted by atomic mass is 19.4. The lowest BCUT2D eigenvalue weighted by Crippen LogP contribution is -2.42. The van der Waals surface area contributed by atoms with Crippen LogP contribution in [-0.4, -0.2) is 25.2 Å². The minimum Gasteiger partial charge on any atom is -0.446 e. The molecule has 0 radical (unpaired) electrons. The number of halogens is 5. The fourth-order valence-electron chi connectivity index (χ4n) is 3.33. The lowest BCUT2D eigenvalue weighted by molar-refractivity contribution is -0.213. The molecule has 0 unspecified atom stereocenters. The van der Waals surface area contributed by atoms with Crippen LogP contribution in [0.1, 0.15) is 29.2 Å². The van der Waals surface area contributed by atoms with Gasteiger partial charge in [-0.25, -0.2) is 13.6 Å². The Bertz CT molecular complexity index is 897. The first-order valence-corrected chi connectivity index (χ1v) is 8.65. The Kier molecular flexibility index (Phi) is 5.43. The van der Waals surface area contributed by atoms with Crippen molar-refractivity contribution in [3.63, 3.8) is 0 Å². The van der Waals surface area contributed by atoms with Crippen LogP contribution >= 0.6 is 0 Å². The molecule has 8 heteroatoms. The van der Waals surface area contributed by atoms with Gasteiger partial charge in [0.15, 0.2) is 0 Å². The number of ether oxygens (including phenoxy) is 1. The van der Waals surface area contributed by atoms with Crippen molar-refractivity contribution in [1.82, 2.24) is 5.32 Å². The molecule has 2 aromatic carbocycles. The number of nitrogens with one attached hydrogen (secondary N) is 1. The van der Waals surface area contributed by atoms with E-state index in [1.807, 2.05) is 0 Å². The average molecular weight is 399 g/mol. The number of alkyl halides is 3. The highest BCUT2D eigenvalue weighted by molar-refractivity contribution is 5.76. The molecule has 1 aliphatic rings. The standard InChI is InChI=1S/C20H18F5NO2/c1-19(28-18(27)20(23,24)25)11-26-7-6-13-3-2-12(9-16(13)19)8-14-4-5-15(21)10-17(14)22/h2-5,9-10,26H,6-8,11H2,1H3/t19-/m1/s1. The second-order valence-electron chi connectivity index (χ2n) is 6.95. The molecule has 3 nitrogen and oxygen atoms in total. The molecular formula is C20H18F5NO2. The molecule has 0 aromatic heterocycles. The maximum Gasteiger partial charge on any atom is 0.490 e. The summed E-state index contributed by atoms with van der Waals surface area (Å²) in [5.74, 6) is -3.66. The van der Waals surface area contributed by atoms with Crippen LogP contribution in [0.2, 0.25) is 0 Å². The number of esters is 1. The van der Waals surface area contributed by atoms with E-state index in [0.717, 1.165) is 17.7 Å². The summed E-state index contributed by atoms with van der Waals surface area (Å²) in [7, 11) is 0. The maximum absolute atomic E-state index is 14.0. The number of rotatable bonds is 3. The average Bonchev–Trinajstić information content (AvgIpc) is 2.76. The summed E-state index contributed by atoms with van der Waals surface area (Å²) in [6.45, 7) is 1.93. The number of fused-ring (bicyclic) bond motifs is 1. The molecule has 0 bridgehead atoms. The molecule has 150 valence electrons. The van der Waals surface area contributed by atoms with Crippen molar-refractivity contribution in [3.05, 3.63) is 70.3 Å². The fourth-order valence-corrected chi connectivity index (χ4v) is 3.33. The smallest absolute Gasteiger partial charge is 0.446 e. The van der Waals surface area contributed by atoms with Crippen LogP contribution in [0.25, 0.3) is 0 Å². The van der Waals surface area contributed by atoms with Crippen LogP contribution in [0.5, 0.6) is 0 Å². The van der Waals surface area contributed by atoms with Crippen molar-refractivity contribution in [2.75, 3.05) is 13.1 Å². The lowest BCUT2D eigenvalue weighted by Gasteiger charge is -2.31. The summed E-state index contributed by atoms with van der Waals surface area (Å²) in [5.41, 5.74) is 0.513. The van der Waals surface area contributed by atoms with E-state index in [9.17, 15) is 26.7 Å². The van der Waals surface area contributed by atoms with Crippen LogP contribution in [0.15, 0.2) is 36.4 Å². The Hall–Kier alpha value is -2.48. The Morgan fingerprint density at radius 3 is 2.61 bits per heavy atom. The SMILES string of the molecule is C[C@@]1(OC(=O)C(F)(F)F)CNCCc2ccc(Cc3ccc(F)cc3F)cc21. The fraction of sp³-hybridized carbons (Fsp3) is 0.350. The van der Waals surface area contributed by atoms with E-state index in [4.69, 9.17) is 4.74 Å². The predicted octanol–water partition coefficient (Wildman–Crippen LogP) is 4.02. The van der Waals surface area contributed by atoms with E-state index in [1.165, 1.54) is 13.0 Å². The summed E-state index contributed by atoms with van der Waals surface area (Å²) in [4.78, 5) is 11.5. The zero-order chi connectivity index (χ0) is 20.5. The van der Waals surface area contributed by atoms with Crippen molar-refractivity contribution >= 4 is 5.97 Å². The molecule has 28 heavy (non-hydrogen) atoms. The highest BCUT2D eigenvalue weighted by Crippen LogP contribution is 2.34. The molecule has 0 fully saturated rings. The second-order valence-corrected chi connectivity index (χ2v) is 6.95. The molecule has 0 amide bonds. The first-order chi connectivity index (χ1) is 13.1. The second kappa shape index (κ2) is 7.50. The van der Waals surface area contributed by atoms with Gasteiger partial charge in [-0.2, -0.15) is 13.2 Å². The van der Waals surface area contributed by atoms with Crippen molar-refractivity contribution in [3.8, 4) is 0 Å². The quantitative estimate of drug-likeness (QED) is 0.626. The molecule has 0 aliphatic carbocycles. The third kappa shape index (κ3) is 4.32. The van der Waals surface area contributed by atoms with Crippen molar-refractivity contribution in [2.24, 2.45) is 0 Å². The van der Waals surface area contributed by atoms with E-state index >= 15 is 0 Å². The Morgan fingerprint density at radius 2 is 1.93 bits per heavy atom. The van der Waals surface area contributed by atoms with Crippen LogP contribution in [0.4, 0.5) is 22.0 Å². The van der Waals surface area contributed by atoms with Gasteiger partial charge < -0.3 is 10.1 Å². The van der Waals surface area contributed by atoms with Gasteiger partial charge in [-0.05, 0) is 42.6 Å². The third-order valence-corrected chi connectivity index (χ3v) is 4.74. The van der Waals surface area contributed by atoms with Crippen molar-refractivity contribution in [1.29, 1.82) is 0 Å². The summed E-state index contributed by atoms with van der Waals surface area (Å²) in [6.07, 6.45) is -4.44. The lowest BCUT2D eigenvalue weighted by atomic mass is 9.88. The molecule has 1 N–H and O–H groups in total. The van der Waals surface area contributed by atoms with Gasteiger partial charge in [0, 0.05) is 24.6 Å².